The highest BCUT2D eigenvalue weighted by molar-refractivity contribution is 6.30. The molecule has 0 radical (unpaired) electrons. The first-order valence-corrected chi connectivity index (χ1v) is 8.03. The molecule has 24 heavy (non-hydrogen) atoms. The van der Waals surface area contributed by atoms with Crippen molar-refractivity contribution < 1.29 is 14.3 Å². The van der Waals surface area contributed by atoms with E-state index in [4.69, 9.17) is 21.1 Å². The van der Waals surface area contributed by atoms with Crippen LogP contribution in [-0.2, 0) is 0 Å². The van der Waals surface area contributed by atoms with Crippen LogP contribution in [0.3, 0.4) is 0 Å². The molecule has 0 unspecified atom stereocenters. The summed E-state index contributed by atoms with van der Waals surface area (Å²) < 4.78 is 10.6. The van der Waals surface area contributed by atoms with E-state index in [9.17, 15) is 4.79 Å². The molecule has 5 nitrogen and oxygen atoms in total. The molecule has 2 rings (SSSR count). The molecule has 2 amide bonds. The lowest BCUT2D eigenvalue weighted by molar-refractivity contribution is 0.257. The molecule has 2 aromatic rings. The molecular weight excluding hydrogens is 328 g/mol. The van der Waals surface area contributed by atoms with E-state index < -0.39 is 0 Å². The number of urea groups is 1. The summed E-state index contributed by atoms with van der Waals surface area (Å²) in [7, 11) is 3.15. The second kappa shape index (κ2) is 8.45. The third-order valence-corrected chi connectivity index (χ3v) is 3.72. The largest absolute Gasteiger partial charge is 0.493 e. The molecule has 0 fully saturated rings. The number of hydrogen-bond donors (Lipinski definition) is 1. The van der Waals surface area contributed by atoms with Gasteiger partial charge in [-0.2, -0.15) is 0 Å². The molecule has 2 aromatic carbocycles. The Morgan fingerprint density at radius 3 is 2.33 bits per heavy atom. The average molecular weight is 349 g/mol. The first-order chi connectivity index (χ1) is 11.6. The lowest BCUT2D eigenvalue weighted by Crippen LogP contribution is -2.35. The molecule has 0 saturated carbocycles. The van der Waals surface area contributed by atoms with Crippen molar-refractivity contribution >= 4 is 29.0 Å². The number of rotatable bonds is 6. The van der Waals surface area contributed by atoms with Gasteiger partial charge >= 0.3 is 6.03 Å². The fraction of sp³-hybridized carbons (Fsp3) is 0.278. The van der Waals surface area contributed by atoms with Crippen molar-refractivity contribution in [3.8, 4) is 11.5 Å². The molecule has 0 saturated heterocycles. The number of nitrogens with one attached hydrogen (secondary N) is 1. The van der Waals surface area contributed by atoms with Crippen molar-refractivity contribution in [2.45, 2.75) is 13.3 Å². The van der Waals surface area contributed by atoms with Crippen molar-refractivity contribution in [3.63, 3.8) is 0 Å². The minimum atomic E-state index is -0.216. The minimum absolute atomic E-state index is 0.216. The summed E-state index contributed by atoms with van der Waals surface area (Å²) in [5, 5.41) is 3.50. The summed E-state index contributed by atoms with van der Waals surface area (Å²) in [5.41, 5.74) is 1.42. The number of benzene rings is 2. The molecule has 0 aromatic heterocycles. The van der Waals surface area contributed by atoms with Crippen LogP contribution in [-0.4, -0.2) is 26.8 Å². The fourth-order valence-electron chi connectivity index (χ4n) is 2.29. The van der Waals surface area contributed by atoms with E-state index >= 15 is 0 Å². The highest BCUT2D eigenvalue weighted by Gasteiger charge is 2.17. The summed E-state index contributed by atoms with van der Waals surface area (Å²) in [4.78, 5) is 14.3. The number of carbonyl (C=O) groups excluding carboxylic acids is 1. The van der Waals surface area contributed by atoms with Crippen LogP contribution < -0.4 is 19.7 Å². The molecule has 0 atom stereocenters. The number of halogens is 1. The molecule has 1 N–H and O–H groups in total. The molecule has 0 aliphatic carbocycles. The van der Waals surface area contributed by atoms with Gasteiger partial charge in [0.05, 0.1) is 14.2 Å². The predicted octanol–water partition coefficient (Wildman–Crippen LogP) is 4.81. The van der Waals surface area contributed by atoms with Gasteiger partial charge in [-0.1, -0.05) is 18.5 Å². The van der Waals surface area contributed by atoms with Crippen molar-refractivity contribution in [2.75, 3.05) is 31.0 Å². The van der Waals surface area contributed by atoms with E-state index in [2.05, 4.69) is 5.32 Å². The number of methoxy groups -OCH3 is 2. The predicted molar refractivity (Wildman–Crippen MR) is 97.7 cm³/mol. The van der Waals surface area contributed by atoms with Crippen LogP contribution in [0, 0.1) is 0 Å². The van der Waals surface area contributed by atoms with E-state index in [1.54, 1.807) is 55.5 Å². The Bertz CT molecular complexity index is 689. The van der Waals surface area contributed by atoms with E-state index in [-0.39, 0.29) is 6.03 Å². The van der Waals surface area contributed by atoms with Gasteiger partial charge in [-0.05, 0) is 42.8 Å². The van der Waals surface area contributed by atoms with Crippen LogP contribution in [0.4, 0.5) is 16.2 Å². The Labute approximate surface area is 147 Å². The average Bonchev–Trinajstić information content (AvgIpc) is 2.61. The Morgan fingerprint density at radius 2 is 1.75 bits per heavy atom. The molecular formula is C18H21ClN2O3. The van der Waals surface area contributed by atoms with Crippen molar-refractivity contribution in [3.05, 3.63) is 47.5 Å². The van der Waals surface area contributed by atoms with Crippen LogP contribution in [0.15, 0.2) is 42.5 Å². The lowest BCUT2D eigenvalue weighted by atomic mass is 10.2. The second-order valence-electron chi connectivity index (χ2n) is 5.13. The minimum Gasteiger partial charge on any atom is -0.493 e. The molecule has 0 bridgehead atoms. The van der Waals surface area contributed by atoms with Gasteiger partial charge in [0.25, 0.3) is 0 Å². The van der Waals surface area contributed by atoms with Crippen molar-refractivity contribution in [2.24, 2.45) is 0 Å². The Balaban J connectivity index is 2.24. The van der Waals surface area contributed by atoms with Crippen molar-refractivity contribution in [1.29, 1.82) is 0 Å². The summed E-state index contributed by atoms with van der Waals surface area (Å²) in [6.07, 6.45) is 0.822. The summed E-state index contributed by atoms with van der Waals surface area (Å²) in [6, 6.07) is 12.2. The van der Waals surface area contributed by atoms with Gasteiger partial charge in [0, 0.05) is 29.0 Å². The normalized spacial score (nSPS) is 10.2. The van der Waals surface area contributed by atoms with Crippen LogP contribution in [0.25, 0.3) is 0 Å². The zero-order chi connectivity index (χ0) is 17.5. The number of anilines is 2. The van der Waals surface area contributed by atoms with Crippen LogP contribution in [0.2, 0.25) is 5.02 Å². The maximum absolute atomic E-state index is 12.7. The Morgan fingerprint density at radius 1 is 1.08 bits per heavy atom. The number of nitrogens with zero attached hydrogens (tertiary/aromatic N) is 1. The SMILES string of the molecule is CCCN(C(=O)Nc1ccc(Cl)cc1)c1ccc(OC)c(OC)c1. The molecule has 0 heterocycles. The van der Waals surface area contributed by atoms with Gasteiger partial charge in [-0.3, -0.25) is 4.90 Å². The van der Waals surface area contributed by atoms with E-state index in [1.165, 1.54) is 0 Å². The summed E-state index contributed by atoms with van der Waals surface area (Å²) in [6.45, 7) is 2.60. The maximum atomic E-state index is 12.7. The third-order valence-electron chi connectivity index (χ3n) is 3.47. The molecule has 0 spiro atoms. The third kappa shape index (κ3) is 4.32. The first kappa shape index (κ1) is 17.9. The highest BCUT2D eigenvalue weighted by Crippen LogP contribution is 2.32. The lowest BCUT2D eigenvalue weighted by Gasteiger charge is -2.23. The second-order valence-corrected chi connectivity index (χ2v) is 5.56. The van der Waals surface area contributed by atoms with Gasteiger partial charge < -0.3 is 14.8 Å². The van der Waals surface area contributed by atoms with Gasteiger partial charge in [0.1, 0.15) is 0 Å². The summed E-state index contributed by atoms with van der Waals surface area (Å²) >= 11 is 5.87. The van der Waals surface area contributed by atoms with Gasteiger partial charge in [-0.25, -0.2) is 4.79 Å². The molecule has 0 aliphatic heterocycles. The number of amides is 2. The number of ether oxygens (including phenoxy) is 2. The van der Waals surface area contributed by atoms with Crippen LogP contribution >= 0.6 is 11.6 Å². The molecule has 6 heteroatoms. The number of carbonyl (C=O) groups is 1. The number of hydrogen-bond acceptors (Lipinski definition) is 3. The molecule has 0 aliphatic rings. The summed E-state index contributed by atoms with van der Waals surface area (Å²) in [5.74, 6) is 1.20. The first-order valence-electron chi connectivity index (χ1n) is 7.65. The smallest absolute Gasteiger partial charge is 0.326 e. The Hall–Kier alpha value is -2.40. The van der Waals surface area contributed by atoms with Crippen molar-refractivity contribution in [1.82, 2.24) is 0 Å². The molecule has 128 valence electrons. The van der Waals surface area contributed by atoms with E-state index in [1.807, 2.05) is 13.0 Å². The van der Waals surface area contributed by atoms with E-state index in [0.717, 1.165) is 12.1 Å². The highest BCUT2D eigenvalue weighted by atomic mass is 35.5. The standard InChI is InChI=1S/C18H21ClN2O3/c1-4-11-21(15-9-10-16(23-2)17(12-15)24-3)18(22)20-14-7-5-13(19)6-8-14/h5-10,12H,4,11H2,1-3H3,(H,20,22). The van der Waals surface area contributed by atoms with Crippen LogP contribution in [0.5, 0.6) is 11.5 Å². The topological polar surface area (TPSA) is 50.8 Å². The monoisotopic (exact) mass is 348 g/mol. The Kier molecular flexibility index (Phi) is 6.32. The van der Waals surface area contributed by atoms with Gasteiger partial charge in [0.15, 0.2) is 11.5 Å². The van der Waals surface area contributed by atoms with Crippen LogP contribution in [0.1, 0.15) is 13.3 Å². The quantitative estimate of drug-likeness (QED) is 0.815. The van der Waals surface area contributed by atoms with Gasteiger partial charge in [-0.15, -0.1) is 0 Å². The zero-order valence-electron chi connectivity index (χ0n) is 14.0. The van der Waals surface area contributed by atoms with Gasteiger partial charge in [0.2, 0.25) is 0 Å². The van der Waals surface area contributed by atoms with E-state index in [0.29, 0.717) is 28.8 Å². The maximum Gasteiger partial charge on any atom is 0.326 e. The fourth-order valence-corrected chi connectivity index (χ4v) is 2.41. The zero-order valence-corrected chi connectivity index (χ0v) is 14.8.